The van der Waals surface area contributed by atoms with E-state index in [4.69, 9.17) is 11.6 Å². The van der Waals surface area contributed by atoms with Gasteiger partial charge in [0.15, 0.2) is 0 Å². The number of aromatic nitrogens is 2. The molecule has 1 heterocycles. The minimum Gasteiger partial charge on any atom is -0.226 e. The monoisotopic (exact) mass is 337 g/mol. The lowest BCUT2D eigenvalue weighted by Gasteiger charge is -2.09. The number of halogens is 1. The Labute approximate surface area is 134 Å². The van der Waals surface area contributed by atoms with E-state index < -0.39 is 10.0 Å². The summed E-state index contributed by atoms with van der Waals surface area (Å²) < 4.78 is 27.2. The van der Waals surface area contributed by atoms with Gasteiger partial charge in [-0.2, -0.15) is 0 Å². The second-order valence-electron chi connectivity index (χ2n) is 5.49. The third-order valence-electron chi connectivity index (χ3n) is 3.53. The molecule has 0 radical (unpaired) electrons. The summed E-state index contributed by atoms with van der Waals surface area (Å²) in [6.07, 6.45) is 4.01. The van der Waals surface area contributed by atoms with Crippen LogP contribution in [0.1, 0.15) is 29.7 Å². The summed E-state index contributed by atoms with van der Waals surface area (Å²) in [6, 6.07) is 7.01. The molecule has 1 aromatic carbocycles. The Morgan fingerprint density at radius 2 is 2.14 bits per heavy atom. The summed E-state index contributed by atoms with van der Waals surface area (Å²) in [7, 11) is -3.44. The van der Waals surface area contributed by atoms with Gasteiger partial charge in [0, 0.05) is 18.7 Å². The Hall–Kier alpha value is -1.50. The Morgan fingerprint density at radius 3 is 2.86 bits per heavy atom. The van der Waals surface area contributed by atoms with Gasteiger partial charge in [0.25, 0.3) is 0 Å². The largest absolute Gasteiger partial charge is 0.240 e. The summed E-state index contributed by atoms with van der Waals surface area (Å²) >= 11 is 5.82. The van der Waals surface area contributed by atoms with Crippen molar-refractivity contribution in [2.24, 2.45) is 0 Å². The molecule has 1 N–H and O–H groups in total. The fourth-order valence-electron chi connectivity index (χ4n) is 2.14. The highest BCUT2D eigenvalue weighted by molar-refractivity contribution is 7.89. The Bertz CT molecular complexity index is 804. The van der Waals surface area contributed by atoms with E-state index in [1.165, 1.54) is 0 Å². The molecule has 1 fully saturated rings. The molecule has 0 saturated heterocycles. The highest BCUT2D eigenvalue weighted by Crippen LogP contribution is 2.23. The third-order valence-corrected chi connectivity index (χ3v) is 5.23. The van der Waals surface area contributed by atoms with Gasteiger partial charge in [-0.15, -0.1) is 0 Å². The molecular formula is C15H16ClN3O2S. The standard InChI is InChI=1S/C15H16ClN3O2S/c1-10-9-17-15(16)18-14(10)8-11-3-2-4-13(7-11)22(20,21)19-12-5-6-12/h2-4,7,9,12,19H,5-6,8H2,1H3. The predicted molar refractivity (Wildman–Crippen MR) is 84.4 cm³/mol. The van der Waals surface area contributed by atoms with Crippen molar-refractivity contribution in [3.8, 4) is 0 Å². The molecule has 0 spiro atoms. The smallest absolute Gasteiger partial charge is 0.226 e. The van der Waals surface area contributed by atoms with Gasteiger partial charge in [-0.25, -0.2) is 23.1 Å². The molecule has 7 heteroatoms. The molecule has 0 unspecified atom stereocenters. The van der Waals surface area contributed by atoms with E-state index in [-0.39, 0.29) is 16.2 Å². The van der Waals surface area contributed by atoms with Crippen LogP contribution in [0.4, 0.5) is 0 Å². The Balaban J connectivity index is 1.86. The molecule has 1 aromatic heterocycles. The average molecular weight is 338 g/mol. The van der Waals surface area contributed by atoms with E-state index in [0.29, 0.717) is 6.42 Å². The van der Waals surface area contributed by atoms with Gasteiger partial charge in [0.1, 0.15) is 0 Å². The number of hydrogen-bond acceptors (Lipinski definition) is 4. The van der Waals surface area contributed by atoms with Crippen LogP contribution >= 0.6 is 11.6 Å². The Kier molecular flexibility index (Phi) is 4.16. The molecule has 1 aliphatic rings. The van der Waals surface area contributed by atoms with Crippen LogP contribution in [0, 0.1) is 6.92 Å². The summed E-state index contributed by atoms with van der Waals surface area (Å²) in [5.41, 5.74) is 2.59. The second-order valence-corrected chi connectivity index (χ2v) is 7.54. The molecule has 116 valence electrons. The van der Waals surface area contributed by atoms with E-state index >= 15 is 0 Å². The molecule has 0 bridgehead atoms. The molecule has 0 atom stereocenters. The molecule has 1 aliphatic carbocycles. The highest BCUT2D eigenvalue weighted by Gasteiger charge is 2.28. The van der Waals surface area contributed by atoms with Crippen molar-refractivity contribution in [3.05, 3.63) is 52.6 Å². The van der Waals surface area contributed by atoms with Crippen LogP contribution in [-0.2, 0) is 16.4 Å². The lowest BCUT2D eigenvalue weighted by atomic mass is 10.1. The molecule has 0 aliphatic heterocycles. The number of sulfonamides is 1. The van der Waals surface area contributed by atoms with E-state index in [2.05, 4.69) is 14.7 Å². The number of rotatable bonds is 5. The zero-order valence-electron chi connectivity index (χ0n) is 12.1. The van der Waals surface area contributed by atoms with Crippen LogP contribution in [0.5, 0.6) is 0 Å². The van der Waals surface area contributed by atoms with Gasteiger partial charge < -0.3 is 0 Å². The fraction of sp³-hybridized carbons (Fsp3) is 0.333. The summed E-state index contributed by atoms with van der Waals surface area (Å²) in [5, 5.41) is 0.194. The minimum absolute atomic E-state index is 0.0940. The molecule has 22 heavy (non-hydrogen) atoms. The van der Waals surface area contributed by atoms with E-state index in [1.54, 1.807) is 24.4 Å². The van der Waals surface area contributed by atoms with Crippen LogP contribution < -0.4 is 4.72 Å². The second kappa shape index (κ2) is 5.95. The van der Waals surface area contributed by atoms with Crippen molar-refractivity contribution in [1.29, 1.82) is 0 Å². The van der Waals surface area contributed by atoms with Crippen molar-refractivity contribution >= 4 is 21.6 Å². The molecule has 2 aromatic rings. The molecular weight excluding hydrogens is 322 g/mol. The molecule has 3 rings (SSSR count). The SMILES string of the molecule is Cc1cnc(Cl)nc1Cc1cccc(S(=O)(=O)NC2CC2)c1. The van der Waals surface area contributed by atoms with Crippen molar-refractivity contribution in [2.75, 3.05) is 0 Å². The fourth-order valence-corrected chi connectivity index (χ4v) is 3.66. The van der Waals surface area contributed by atoms with E-state index in [0.717, 1.165) is 29.7 Å². The van der Waals surface area contributed by atoms with Gasteiger partial charge in [-0.3, -0.25) is 0 Å². The van der Waals surface area contributed by atoms with Crippen LogP contribution in [0.25, 0.3) is 0 Å². The first-order valence-electron chi connectivity index (χ1n) is 7.03. The number of hydrogen-bond donors (Lipinski definition) is 1. The van der Waals surface area contributed by atoms with Crippen molar-refractivity contribution < 1.29 is 8.42 Å². The quantitative estimate of drug-likeness (QED) is 0.851. The maximum atomic E-state index is 12.3. The third kappa shape index (κ3) is 3.63. The van der Waals surface area contributed by atoms with Crippen molar-refractivity contribution in [2.45, 2.75) is 37.1 Å². The first-order chi connectivity index (χ1) is 10.4. The molecule has 0 amide bonds. The normalized spacial score (nSPS) is 15.0. The molecule has 1 saturated carbocycles. The Morgan fingerprint density at radius 1 is 1.36 bits per heavy atom. The zero-order chi connectivity index (χ0) is 15.7. The first kappa shape index (κ1) is 15.4. The number of nitrogens with one attached hydrogen (secondary N) is 1. The first-order valence-corrected chi connectivity index (χ1v) is 8.89. The maximum absolute atomic E-state index is 12.3. The zero-order valence-corrected chi connectivity index (χ0v) is 13.7. The maximum Gasteiger partial charge on any atom is 0.240 e. The number of benzene rings is 1. The predicted octanol–water partition coefficient (Wildman–Crippen LogP) is 2.47. The van der Waals surface area contributed by atoms with Crippen LogP contribution in [0.2, 0.25) is 5.28 Å². The van der Waals surface area contributed by atoms with Crippen molar-refractivity contribution in [1.82, 2.24) is 14.7 Å². The highest BCUT2D eigenvalue weighted by atomic mass is 35.5. The van der Waals surface area contributed by atoms with Crippen LogP contribution in [0.3, 0.4) is 0 Å². The number of nitrogens with zero attached hydrogens (tertiary/aromatic N) is 2. The summed E-state index contributed by atoms with van der Waals surface area (Å²) in [6.45, 7) is 1.90. The van der Waals surface area contributed by atoms with Crippen LogP contribution in [0.15, 0.2) is 35.4 Å². The van der Waals surface area contributed by atoms with E-state index in [9.17, 15) is 8.42 Å². The van der Waals surface area contributed by atoms with Gasteiger partial charge >= 0.3 is 0 Å². The van der Waals surface area contributed by atoms with Crippen LogP contribution in [-0.4, -0.2) is 24.4 Å². The van der Waals surface area contributed by atoms with Gasteiger partial charge in [0.2, 0.25) is 15.3 Å². The van der Waals surface area contributed by atoms with Gasteiger partial charge in [-0.05, 0) is 54.6 Å². The van der Waals surface area contributed by atoms with E-state index in [1.807, 2.05) is 13.0 Å². The topological polar surface area (TPSA) is 72.0 Å². The average Bonchev–Trinajstić information content (AvgIpc) is 3.26. The lowest BCUT2D eigenvalue weighted by Crippen LogP contribution is -2.25. The minimum atomic E-state index is -3.44. The summed E-state index contributed by atoms with van der Waals surface area (Å²) in [4.78, 5) is 8.42. The van der Waals surface area contributed by atoms with Gasteiger partial charge in [0.05, 0.1) is 10.6 Å². The number of aryl methyl sites for hydroxylation is 1. The van der Waals surface area contributed by atoms with Gasteiger partial charge in [-0.1, -0.05) is 12.1 Å². The lowest BCUT2D eigenvalue weighted by molar-refractivity contribution is 0.581. The molecule has 5 nitrogen and oxygen atoms in total. The summed E-state index contributed by atoms with van der Waals surface area (Å²) in [5.74, 6) is 0. The van der Waals surface area contributed by atoms with Crippen molar-refractivity contribution in [3.63, 3.8) is 0 Å².